The van der Waals surface area contributed by atoms with Gasteiger partial charge in [-0.15, -0.1) is 0 Å². The summed E-state index contributed by atoms with van der Waals surface area (Å²) < 4.78 is 0.300. The van der Waals surface area contributed by atoms with Crippen molar-refractivity contribution in [2.75, 3.05) is 0 Å². The van der Waals surface area contributed by atoms with Crippen molar-refractivity contribution in [2.24, 2.45) is 0 Å². The number of phenolic OH excluding ortho intramolecular Hbond substituents is 2. The summed E-state index contributed by atoms with van der Waals surface area (Å²) in [5.74, 6) is -1.38. The van der Waals surface area contributed by atoms with Gasteiger partial charge in [0.25, 0.3) is 0 Å². The summed E-state index contributed by atoms with van der Waals surface area (Å²) in [6, 6.07) is 1.43. The van der Waals surface area contributed by atoms with Gasteiger partial charge in [-0.1, -0.05) is 19.3 Å². The highest BCUT2D eigenvalue weighted by atomic mass is 79.9. The Morgan fingerprint density at radius 2 is 1.84 bits per heavy atom. The van der Waals surface area contributed by atoms with Gasteiger partial charge in [-0.25, -0.2) is 0 Å². The minimum atomic E-state index is -0.966. The number of hydrogen-bond acceptors (Lipinski definition) is 3. The Kier molecular flexibility index (Phi) is 3.76. The molecule has 3 N–H and O–H groups in total. The van der Waals surface area contributed by atoms with Crippen LogP contribution in [-0.4, -0.2) is 21.3 Å². The Morgan fingerprint density at radius 1 is 1.26 bits per heavy atom. The van der Waals surface area contributed by atoms with Crippen LogP contribution < -0.4 is 0 Å². The average Bonchev–Trinajstić information content (AvgIpc) is 2.37. The third-order valence-electron chi connectivity index (χ3n) is 4.01. The minimum Gasteiger partial charge on any atom is -0.504 e. The van der Waals surface area contributed by atoms with Gasteiger partial charge in [-0.2, -0.15) is 0 Å². The molecule has 1 aliphatic carbocycles. The van der Waals surface area contributed by atoms with Gasteiger partial charge in [-0.05, 0) is 52.9 Å². The van der Waals surface area contributed by atoms with Crippen molar-refractivity contribution in [3.63, 3.8) is 0 Å². The van der Waals surface area contributed by atoms with E-state index < -0.39 is 11.4 Å². The summed E-state index contributed by atoms with van der Waals surface area (Å²) in [7, 11) is 0. The molecule has 1 aromatic carbocycles. The Morgan fingerprint density at radius 3 is 2.37 bits per heavy atom. The predicted octanol–water partition coefficient (Wildman–Crippen LogP) is 3.46. The first-order chi connectivity index (χ1) is 8.90. The van der Waals surface area contributed by atoms with Crippen LogP contribution in [0.2, 0.25) is 0 Å². The van der Waals surface area contributed by atoms with E-state index in [1.807, 2.05) is 0 Å². The highest BCUT2D eigenvalue weighted by Crippen LogP contribution is 2.48. The number of aliphatic carboxylic acids is 1. The van der Waals surface area contributed by atoms with Gasteiger partial charge in [0.1, 0.15) is 0 Å². The molecule has 0 aromatic heterocycles. The average molecular weight is 329 g/mol. The largest absolute Gasteiger partial charge is 0.504 e. The number of hydrogen-bond donors (Lipinski definition) is 3. The molecule has 2 rings (SSSR count). The molecule has 0 unspecified atom stereocenters. The SMILES string of the molecule is Cc1cc(O)c(O)c(Br)c1C1(C(=O)O)CCCCC1. The maximum atomic E-state index is 11.8. The second-order valence-electron chi connectivity index (χ2n) is 5.20. The van der Waals surface area contributed by atoms with E-state index in [1.165, 1.54) is 6.07 Å². The predicted molar refractivity (Wildman–Crippen MR) is 74.6 cm³/mol. The molecule has 0 heterocycles. The maximum Gasteiger partial charge on any atom is 0.314 e. The van der Waals surface area contributed by atoms with Crippen LogP contribution >= 0.6 is 15.9 Å². The van der Waals surface area contributed by atoms with Crippen molar-refractivity contribution < 1.29 is 20.1 Å². The Labute approximate surface area is 120 Å². The molecule has 1 aromatic rings. The third-order valence-corrected chi connectivity index (χ3v) is 4.78. The summed E-state index contributed by atoms with van der Waals surface area (Å²) in [4.78, 5) is 11.8. The number of aromatic hydroxyl groups is 2. The fourth-order valence-electron chi connectivity index (χ4n) is 3.06. The van der Waals surface area contributed by atoms with E-state index in [9.17, 15) is 20.1 Å². The first-order valence-electron chi connectivity index (χ1n) is 6.35. The topological polar surface area (TPSA) is 77.8 Å². The Hall–Kier alpha value is -1.23. The first-order valence-corrected chi connectivity index (χ1v) is 7.14. The van der Waals surface area contributed by atoms with E-state index in [0.717, 1.165) is 19.3 Å². The standard InChI is InChI=1S/C14H17BrO4/c1-8-7-9(16)12(17)11(15)10(8)14(13(18)19)5-3-2-4-6-14/h7,16-17H,2-6H2,1H3,(H,18,19). The molecule has 104 valence electrons. The summed E-state index contributed by atoms with van der Waals surface area (Å²) in [5, 5.41) is 29.1. The zero-order valence-corrected chi connectivity index (χ0v) is 12.3. The highest BCUT2D eigenvalue weighted by Gasteiger charge is 2.44. The van der Waals surface area contributed by atoms with Gasteiger partial charge in [0, 0.05) is 0 Å². The molecule has 1 aliphatic rings. The van der Waals surface area contributed by atoms with Crippen molar-refractivity contribution in [3.8, 4) is 11.5 Å². The van der Waals surface area contributed by atoms with Crippen molar-refractivity contribution in [2.45, 2.75) is 44.4 Å². The molecule has 0 aliphatic heterocycles. The van der Waals surface area contributed by atoms with E-state index in [-0.39, 0.29) is 11.5 Å². The second kappa shape index (κ2) is 5.04. The Balaban J connectivity index is 2.67. The van der Waals surface area contributed by atoms with Crippen LogP contribution in [0.4, 0.5) is 0 Å². The van der Waals surface area contributed by atoms with Crippen molar-refractivity contribution in [1.82, 2.24) is 0 Å². The molecular formula is C14H17BrO4. The van der Waals surface area contributed by atoms with Crippen LogP contribution in [0.25, 0.3) is 0 Å². The molecule has 1 fully saturated rings. The van der Waals surface area contributed by atoms with Crippen LogP contribution in [0.5, 0.6) is 11.5 Å². The number of phenols is 2. The lowest BCUT2D eigenvalue weighted by molar-refractivity contribution is -0.145. The van der Waals surface area contributed by atoms with Gasteiger partial charge in [0.15, 0.2) is 11.5 Å². The number of benzene rings is 1. The monoisotopic (exact) mass is 328 g/mol. The van der Waals surface area contributed by atoms with E-state index in [0.29, 0.717) is 28.4 Å². The molecular weight excluding hydrogens is 312 g/mol. The lowest BCUT2D eigenvalue weighted by atomic mass is 9.68. The smallest absolute Gasteiger partial charge is 0.314 e. The maximum absolute atomic E-state index is 11.8. The second-order valence-corrected chi connectivity index (χ2v) is 5.99. The lowest BCUT2D eigenvalue weighted by Crippen LogP contribution is -2.38. The van der Waals surface area contributed by atoms with Crippen LogP contribution in [0, 0.1) is 6.92 Å². The number of carbonyl (C=O) groups is 1. The van der Waals surface area contributed by atoms with E-state index in [2.05, 4.69) is 15.9 Å². The zero-order valence-electron chi connectivity index (χ0n) is 10.7. The molecule has 0 amide bonds. The number of aryl methyl sites for hydroxylation is 1. The summed E-state index contributed by atoms with van der Waals surface area (Å²) in [5.41, 5.74) is 0.313. The van der Waals surface area contributed by atoms with Crippen molar-refractivity contribution in [3.05, 3.63) is 21.7 Å². The zero-order chi connectivity index (χ0) is 14.2. The fourth-order valence-corrected chi connectivity index (χ4v) is 3.96. The minimum absolute atomic E-state index is 0.232. The molecule has 0 bridgehead atoms. The molecule has 1 saturated carbocycles. The lowest BCUT2D eigenvalue weighted by Gasteiger charge is -2.35. The number of rotatable bonds is 2. The van der Waals surface area contributed by atoms with Crippen molar-refractivity contribution >= 4 is 21.9 Å². The van der Waals surface area contributed by atoms with Crippen LogP contribution in [0.15, 0.2) is 10.5 Å². The van der Waals surface area contributed by atoms with Gasteiger partial charge in [-0.3, -0.25) is 4.79 Å². The number of carboxylic acids is 1. The molecule has 0 saturated heterocycles. The van der Waals surface area contributed by atoms with Crippen LogP contribution in [-0.2, 0) is 10.2 Å². The first kappa shape index (κ1) is 14.2. The molecule has 0 radical (unpaired) electrons. The van der Waals surface area contributed by atoms with E-state index in [4.69, 9.17) is 0 Å². The van der Waals surface area contributed by atoms with E-state index in [1.54, 1.807) is 6.92 Å². The molecule has 4 nitrogen and oxygen atoms in total. The van der Waals surface area contributed by atoms with Gasteiger partial charge in [0.05, 0.1) is 9.89 Å². The van der Waals surface area contributed by atoms with Crippen LogP contribution in [0.3, 0.4) is 0 Å². The normalized spacial score (nSPS) is 18.2. The molecule has 19 heavy (non-hydrogen) atoms. The fraction of sp³-hybridized carbons (Fsp3) is 0.500. The van der Waals surface area contributed by atoms with Gasteiger partial charge >= 0.3 is 5.97 Å². The van der Waals surface area contributed by atoms with Gasteiger partial charge in [0.2, 0.25) is 0 Å². The third kappa shape index (κ3) is 2.20. The quantitative estimate of drug-likeness (QED) is 0.726. The van der Waals surface area contributed by atoms with Crippen molar-refractivity contribution in [1.29, 1.82) is 0 Å². The van der Waals surface area contributed by atoms with Gasteiger partial charge < -0.3 is 15.3 Å². The summed E-state index contributed by atoms with van der Waals surface area (Å²) >= 11 is 3.25. The number of halogens is 1. The summed E-state index contributed by atoms with van der Waals surface area (Å²) in [6.45, 7) is 1.76. The number of carboxylic acid groups (broad SMARTS) is 1. The summed E-state index contributed by atoms with van der Waals surface area (Å²) in [6.07, 6.45) is 3.88. The highest BCUT2D eigenvalue weighted by molar-refractivity contribution is 9.10. The van der Waals surface area contributed by atoms with E-state index >= 15 is 0 Å². The van der Waals surface area contributed by atoms with Crippen LogP contribution in [0.1, 0.15) is 43.2 Å². The molecule has 5 heteroatoms. The molecule has 0 atom stereocenters. The Bertz CT molecular complexity index is 519. The molecule has 0 spiro atoms.